The highest BCUT2D eigenvalue weighted by molar-refractivity contribution is 5.92. The van der Waals surface area contributed by atoms with Crippen molar-refractivity contribution in [1.29, 1.82) is 0 Å². The Balaban J connectivity index is 1.39. The van der Waals surface area contributed by atoms with Gasteiger partial charge < -0.3 is 9.80 Å². The van der Waals surface area contributed by atoms with E-state index in [4.69, 9.17) is 0 Å². The minimum absolute atomic E-state index is 0.0692. The molecule has 0 aliphatic carbocycles. The first-order chi connectivity index (χ1) is 14.2. The van der Waals surface area contributed by atoms with Crippen molar-refractivity contribution in [2.24, 2.45) is 11.8 Å². The van der Waals surface area contributed by atoms with Crippen LogP contribution in [-0.4, -0.2) is 71.4 Å². The molecule has 1 aromatic carbocycles. The molecular formula is C24H30N4O. The predicted molar refractivity (Wildman–Crippen MR) is 114 cm³/mol. The van der Waals surface area contributed by atoms with Crippen LogP contribution in [0.15, 0.2) is 54.7 Å². The number of hydrogen-bond acceptors (Lipinski definition) is 4. The Bertz CT molecular complexity index is 834. The average Bonchev–Trinajstić information content (AvgIpc) is 3.33. The molecule has 1 aromatic heterocycles. The summed E-state index contributed by atoms with van der Waals surface area (Å²) >= 11 is 0. The van der Waals surface area contributed by atoms with E-state index in [2.05, 4.69) is 57.1 Å². The molecule has 152 valence electrons. The lowest BCUT2D eigenvalue weighted by Gasteiger charge is -2.37. The van der Waals surface area contributed by atoms with Crippen molar-refractivity contribution < 1.29 is 4.79 Å². The number of benzene rings is 1. The number of carbonyl (C=O) groups is 1. The van der Waals surface area contributed by atoms with Crippen LogP contribution in [0.4, 0.5) is 0 Å². The normalized spacial score (nSPS) is 28.6. The van der Waals surface area contributed by atoms with E-state index < -0.39 is 0 Å². The first kappa shape index (κ1) is 18.8. The van der Waals surface area contributed by atoms with E-state index >= 15 is 0 Å². The summed E-state index contributed by atoms with van der Waals surface area (Å²) < 4.78 is 0. The molecule has 3 atom stereocenters. The Labute approximate surface area is 173 Å². The Morgan fingerprint density at radius 1 is 0.966 bits per heavy atom. The van der Waals surface area contributed by atoms with Gasteiger partial charge in [-0.1, -0.05) is 36.4 Å². The second-order valence-electron chi connectivity index (χ2n) is 8.94. The molecule has 5 nitrogen and oxygen atoms in total. The van der Waals surface area contributed by atoms with Crippen molar-refractivity contribution in [3.63, 3.8) is 0 Å². The highest BCUT2D eigenvalue weighted by Crippen LogP contribution is 2.46. The van der Waals surface area contributed by atoms with Gasteiger partial charge >= 0.3 is 0 Å². The van der Waals surface area contributed by atoms with Gasteiger partial charge in [0.2, 0.25) is 0 Å². The second kappa shape index (κ2) is 7.88. The van der Waals surface area contributed by atoms with E-state index in [9.17, 15) is 4.79 Å². The SMILES string of the molecule is CN1CCC(N2C[C@H]3CN(C(=O)c4ccccn4)[C@H](c4ccccc4)[C@H]3C2)CC1. The van der Waals surface area contributed by atoms with Crippen LogP contribution in [0.5, 0.6) is 0 Å². The Kier molecular flexibility index (Phi) is 5.10. The van der Waals surface area contributed by atoms with Gasteiger partial charge in [-0.25, -0.2) is 0 Å². The highest BCUT2D eigenvalue weighted by atomic mass is 16.2. The molecule has 0 bridgehead atoms. The third kappa shape index (κ3) is 3.58. The number of rotatable bonds is 3. The zero-order chi connectivity index (χ0) is 19.8. The molecule has 0 radical (unpaired) electrons. The molecule has 29 heavy (non-hydrogen) atoms. The summed E-state index contributed by atoms with van der Waals surface area (Å²) in [6.45, 7) is 5.45. The number of piperidine rings is 1. The van der Waals surface area contributed by atoms with Crippen LogP contribution in [0, 0.1) is 11.8 Å². The third-order valence-electron chi connectivity index (χ3n) is 7.18. The number of fused-ring (bicyclic) bond motifs is 1. The molecule has 5 rings (SSSR count). The predicted octanol–water partition coefficient (Wildman–Crippen LogP) is 2.92. The van der Waals surface area contributed by atoms with Crippen LogP contribution in [0.25, 0.3) is 0 Å². The van der Waals surface area contributed by atoms with Crippen molar-refractivity contribution >= 4 is 5.91 Å². The number of hydrogen-bond donors (Lipinski definition) is 0. The molecule has 3 aliphatic heterocycles. The largest absolute Gasteiger partial charge is 0.330 e. The fraction of sp³-hybridized carbons (Fsp3) is 0.500. The molecule has 5 heteroatoms. The van der Waals surface area contributed by atoms with Crippen molar-refractivity contribution in [2.75, 3.05) is 39.8 Å². The maximum absolute atomic E-state index is 13.3. The number of aromatic nitrogens is 1. The fourth-order valence-electron chi connectivity index (χ4n) is 5.66. The number of nitrogens with zero attached hydrogens (tertiary/aromatic N) is 4. The summed E-state index contributed by atoms with van der Waals surface area (Å²) in [6, 6.07) is 17.1. The smallest absolute Gasteiger partial charge is 0.272 e. The molecule has 0 spiro atoms. The summed E-state index contributed by atoms with van der Waals surface area (Å²) in [5.41, 5.74) is 1.81. The molecule has 1 amide bonds. The Hall–Kier alpha value is -2.24. The van der Waals surface area contributed by atoms with Crippen LogP contribution in [-0.2, 0) is 0 Å². The number of likely N-dealkylation sites (tertiary alicyclic amines) is 3. The van der Waals surface area contributed by atoms with Crippen molar-refractivity contribution in [1.82, 2.24) is 19.7 Å². The molecule has 3 aliphatic rings. The topological polar surface area (TPSA) is 39.7 Å². The van der Waals surface area contributed by atoms with E-state index in [0.717, 1.165) is 19.6 Å². The van der Waals surface area contributed by atoms with Gasteiger partial charge in [0.1, 0.15) is 5.69 Å². The quantitative estimate of drug-likeness (QED) is 0.808. The lowest BCUT2D eigenvalue weighted by molar-refractivity contribution is 0.0673. The van der Waals surface area contributed by atoms with Gasteiger partial charge in [-0.2, -0.15) is 0 Å². The Morgan fingerprint density at radius 2 is 1.72 bits per heavy atom. The van der Waals surface area contributed by atoms with Crippen molar-refractivity contribution in [3.05, 3.63) is 66.0 Å². The molecule has 4 heterocycles. The number of amides is 1. The zero-order valence-corrected chi connectivity index (χ0v) is 17.2. The minimum Gasteiger partial charge on any atom is -0.330 e. The van der Waals surface area contributed by atoms with Crippen LogP contribution in [0.3, 0.4) is 0 Å². The zero-order valence-electron chi connectivity index (χ0n) is 17.2. The maximum Gasteiger partial charge on any atom is 0.272 e. The summed E-state index contributed by atoms with van der Waals surface area (Å²) in [5, 5.41) is 0. The van der Waals surface area contributed by atoms with Gasteiger partial charge in [-0.15, -0.1) is 0 Å². The molecule has 3 saturated heterocycles. The van der Waals surface area contributed by atoms with E-state index in [-0.39, 0.29) is 11.9 Å². The van der Waals surface area contributed by atoms with Gasteiger partial charge in [0, 0.05) is 37.8 Å². The minimum atomic E-state index is 0.0692. The monoisotopic (exact) mass is 390 g/mol. The van der Waals surface area contributed by atoms with Gasteiger partial charge in [0.25, 0.3) is 5.91 Å². The standard InChI is InChI=1S/C24H30N4O/c1-26-13-10-20(11-14-26)27-15-19-16-28(24(29)22-9-5-6-12-25-22)23(21(19)17-27)18-7-3-2-4-8-18/h2-9,12,19-21,23H,10-11,13-17H2,1H3/t19-,21-,23+/m0/s1. The van der Waals surface area contributed by atoms with Crippen LogP contribution in [0.1, 0.15) is 34.9 Å². The van der Waals surface area contributed by atoms with Crippen molar-refractivity contribution in [2.45, 2.75) is 24.9 Å². The molecule has 0 unspecified atom stereocenters. The average molecular weight is 391 g/mol. The van der Waals surface area contributed by atoms with E-state index in [1.165, 1.54) is 31.5 Å². The Morgan fingerprint density at radius 3 is 2.45 bits per heavy atom. The lowest BCUT2D eigenvalue weighted by Crippen LogP contribution is -2.44. The van der Waals surface area contributed by atoms with Gasteiger partial charge in [-0.05, 0) is 56.6 Å². The van der Waals surface area contributed by atoms with Crippen LogP contribution in [0.2, 0.25) is 0 Å². The maximum atomic E-state index is 13.3. The van der Waals surface area contributed by atoms with Gasteiger partial charge in [-0.3, -0.25) is 14.7 Å². The molecule has 3 fully saturated rings. The lowest BCUT2D eigenvalue weighted by atomic mass is 9.89. The molecule has 0 saturated carbocycles. The summed E-state index contributed by atoms with van der Waals surface area (Å²) in [7, 11) is 2.22. The summed E-state index contributed by atoms with van der Waals surface area (Å²) in [6.07, 6.45) is 4.24. The van der Waals surface area contributed by atoms with Gasteiger partial charge in [0.05, 0.1) is 6.04 Å². The fourth-order valence-corrected chi connectivity index (χ4v) is 5.66. The third-order valence-corrected chi connectivity index (χ3v) is 7.18. The molecule has 2 aromatic rings. The first-order valence-electron chi connectivity index (χ1n) is 10.9. The first-order valence-corrected chi connectivity index (χ1v) is 10.9. The van der Waals surface area contributed by atoms with E-state index in [1.807, 2.05) is 18.2 Å². The highest BCUT2D eigenvalue weighted by Gasteiger charge is 2.50. The van der Waals surface area contributed by atoms with E-state index in [0.29, 0.717) is 23.6 Å². The number of pyridine rings is 1. The van der Waals surface area contributed by atoms with E-state index in [1.54, 1.807) is 6.20 Å². The number of carbonyl (C=O) groups excluding carboxylic acids is 1. The summed E-state index contributed by atoms with van der Waals surface area (Å²) in [5.74, 6) is 1.12. The van der Waals surface area contributed by atoms with Gasteiger partial charge in [0.15, 0.2) is 0 Å². The van der Waals surface area contributed by atoms with Crippen LogP contribution >= 0.6 is 0 Å². The second-order valence-corrected chi connectivity index (χ2v) is 8.94. The summed E-state index contributed by atoms with van der Waals surface area (Å²) in [4.78, 5) is 24.9. The molecular weight excluding hydrogens is 360 g/mol. The van der Waals surface area contributed by atoms with Crippen molar-refractivity contribution in [3.8, 4) is 0 Å². The van der Waals surface area contributed by atoms with Crippen LogP contribution < -0.4 is 0 Å². The molecule has 0 N–H and O–H groups in total.